The number of hydrogen-bond acceptors (Lipinski definition) is 4. The van der Waals surface area contributed by atoms with Crippen LogP contribution in [-0.2, 0) is 4.79 Å². The van der Waals surface area contributed by atoms with Crippen LogP contribution in [0.5, 0.6) is 0 Å². The van der Waals surface area contributed by atoms with Crippen molar-refractivity contribution in [2.24, 2.45) is 11.0 Å². The van der Waals surface area contributed by atoms with Gasteiger partial charge in [-0.1, -0.05) is 0 Å². The number of urea groups is 1. The van der Waals surface area contributed by atoms with E-state index in [1.54, 1.807) is 0 Å². The summed E-state index contributed by atoms with van der Waals surface area (Å²) in [6.07, 6.45) is 0. The summed E-state index contributed by atoms with van der Waals surface area (Å²) in [5, 5.41) is 5.18. The predicted octanol–water partition coefficient (Wildman–Crippen LogP) is -0.208. The molecule has 0 aliphatic carbocycles. The summed E-state index contributed by atoms with van der Waals surface area (Å²) in [4.78, 5) is 31.8. The fourth-order valence-corrected chi connectivity index (χ4v) is 0.750. The van der Waals surface area contributed by atoms with Gasteiger partial charge in [0.2, 0.25) is 5.91 Å². The first-order chi connectivity index (χ1) is 6.52. The lowest BCUT2D eigenvalue weighted by atomic mass is 10.3. The molecular weight excluding hydrogens is 212 g/mol. The van der Waals surface area contributed by atoms with Crippen molar-refractivity contribution in [3.05, 3.63) is 4.91 Å². The van der Waals surface area contributed by atoms with Gasteiger partial charge in [-0.15, -0.1) is 16.5 Å². The van der Waals surface area contributed by atoms with Crippen molar-refractivity contribution >= 4 is 23.5 Å². The monoisotopic (exact) mass is 222 g/mol. The Labute approximate surface area is 85.5 Å². The number of hydrogen-bond donors (Lipinski definition) is 2. The van der Waals surface area contributed by atoms with E-state index < -0.39 is 18.0 Å². The average Bonchev–Trinajstić information content (AvgIpc) is 2.13. The average molecular weight is 223 g/mol. The molecule has 0 radical (unpaired) electrons. The number of nitroso groups, excluding NO2 is 1. The highest BCUT2D eigenvalue weighted by molar-refractivity contribution is 6.18. The smallest absolute Gasteiger partial charge is 0.341 e. The topological polar surface area (TPSA) is 105 Å². The standard InChI is InChI=1S/C6H11ClN4O3/c1-4(5(8)12)9-6(13)11(10-14)3-2-7/h4H,2-3H2,1H3,(H2,8,12)(H,9,13). The molecule has 3 amide bonds. The highest BCUT2D eigenvalue weighted by atomic mass is 35.5. The van der Waals surface area contributed by atoms with Gasteiger partial charge in [0.05, 0.1) is 11.8 Å². The molecule has 0 aromatic rings. The van der Waals surface area contributed by atoms with E-state index in [2.05, 4.69) is 10.6 Å². The van der Waals surface area contributed by atoms with Gasteiger partial charge in [0, 0.05) is 5.88 Å². The Morgan fingerprint density at radius 3 is 2.57 bits per heavy atom. The minimum absolute atomic E-state index is 0.0254. The number of alkyl halides is 1. The Kier molecular flexibility index (Phi) is 5.54. The molecule has 0 spiro atoms. The second-order valence-electron chi connectivity index (χ2n) is 2.47. The normalized spacial score (nSPS) is 11.6. The zero-order valence-electron chi connectivity index (χ0n) is 7.57. The highest BCUT2D eigenvalue weighted by Crippen LogP contribution is 1.93. The first kappa shape index (κ1) is 12.6. The van der Waals surface area contributed by atoms with Crippen molar-refractivity contribution in [3.63, 3.8) is 0 Å². The number of carbonyl (C=O) groups excluding carboxylic acids is 2. The maximum absolute atomic E-state index is 11.1. The molecule has 0 aromatic heterocycles. The van der Waals surface area contributed by atoms with Gasteiger partial charge >= 0.3 is 6.03 Å². The lowest BCUT2D eigenvalue weighted by Crippen LogP contribution is -2.47. The van der Waals surface area contributed by atoms with Crippen LogP contribution in [0.1, 0.15) is 6.92 Å². The summed E-state index contributed by atoms with van der Waals surface area (Å²) < 4.78 is 0. The molecule has 14 heavy (non-hydrogen) atoms. The van der Waals surface area contributed by atoms with Crippen molar-refractivity contribution in [1.29, 1.82) is 0 Å². The Morgan fingerprint density at radius 1 is 1.64 bits per heavy atom. The van der Waals surface area contributed by atoms with Gasteiger partial charge in [-0.25, -0.2) is 4.79 Å². The molecule has 0 rings (SSSR count). The Bertz CT molecular complexity index is 235. The SMILES string of the molecule is CC(NC(=O)N(CCCl)N=O)C(N)=O. The summed E-state index contributed by atoms with van der Waals surface area (Å²) in [5.41, 5.74) is 4.89. The van der Waals surface area contributed by atoms with Crippen molar-refractivity contribution in [2.45, 2.75) is 13.0 Å². The van der Waals surface area contributed by atoms with Crippen molar-refractivity contribution in [2.75, 3.05) is 12.4 Å². The molecule has 0 fully saturated rings. The van der Waals surface area contributed by atoms with E-state index in [9.17, 15) is 14.5 Å². The zero-order valence-corrected chi connectivity index (χ0v) is 8.32. The van der Waals surface area contributed by atoms with Crippen LogP contribution in [0, 0.1) is 4.91 Å². The van der Waals surface area contributed by atoms with Gasteiger partial charge < -0.3 is 11.1 Å². The molecule has 7 nitrogen and oxygen atoms in total. The number of primary amides is 1. The number of nitrogens with zero attached hydrogens (tertiary/aromatic N) is 2. The molecule has 0 heterocycles. The van der Waals surface area contributed by atoms with Gasteiger partial charge in [0.15, 0.2) is 0 Å². The van der Waals surface area contributed by atoms with Crippen molar-refractivity contribution in [3.8, 4) is 0 Å². The van der Waals surface area contributed by atoms with E-state index in [-0.39, 0.29) is 12.4 Å². The summed E-state index contributed by atoms with van der Waals surface area (Å²) in [5.74, 6) is -0.625. The van der Waals surface area contributed by atoms with Crippen LogP contribution in [0.25, 0.3) is 0 Å². The number of rotatable bonds is 5. The van der Waals surface area contributed by atoms with E-state index in [1.165, 1.54) is 6.92 Å². The van der Waals surface area contributed by atoms with Crippen LogP contribution in [0.15, 0.2) is 5.29 Å². The number of carbonyl (C=O) groups is 2. The van der Waals surface area contributed by atoms with Gasteiger partial charge in [0.25, 0.3) is 0 Å². The van der Waals surface area contributed by atoms with Crippen LogP contribution in [0.2, 0.25) is 0 Å². The fourth-order valence-electron chi connectivity index (χ4n) is 0.590. The number of amides is 3. The zero-order chi connectivity index (χ0) is 11.1. The maximum Gasteiger partial charge on any atom is 0.341 e. The van der Waals surface area contributed by atoms with Gasteiger partial charge in [-0.3, -0.25) is 4.79 Å². The number of nitrogens with two attached hydrogens (primary N) is 1. The van der Waals surface area contributed by atoms with E-state index in [0.717, 1.165) is 0 Å². The Balaban J connectivity index is 4.16. The molecule has 0 bridgehead atoms. The summed E-state index contributed by atoms with van der Waals surface area (Å²) in [7, 11) is 0. The number of halogens is 1. The minimum atomic E-state index is -0.859. The molecular formula is C6H11ClN4O3. The van der Waals surface area contributed by atoms with E-state index in [4.69, 9.17) is 17.3 Å². The third kappa shape index (κ3) is 4.04. The summed E-state index contributed by atoms with van der Waals surface area (Å²) in [6, 6.07) is -1.66. The predicted molar refractivity (Wildman–Crippen MR) is 50.4 cm³/mol. The molecule has 0 saturated heterocycles. The molecule has 0 aromatic carbocycles. The Hall–Kier alpha value is -1.37. The van der Waals surface area contributed by atoms with Crippen LogP contribution in [0.4, 0.5) is 4.79 Å². The third-order valence-electron chi connectivity index (χ3n) is 1.40. The quantitative estimate of drug-likeness (QED) is 0.382. The minimum Gasteiger partial charge on any atom is -0.368 e. The van der Waals surface area contributed by atoms with Crippen LogP contribution < -0.4 is 11.1 Å². The van der Waals surface area contributed by atoms with Crippen LogP contribution in [-0.4, -0.2) is 35.4 Å². The van der Waals surface area contributed by atoms with Gasteiger partial charge in [-0.05, 0) is 6.92 Å². The molecule has 3 N–H and O–H groups in total. The summed E-state index contributed by atoms with van der Waals surface area (Å²) in [6.45, 7) is 1.37. The molecule has 8 heteroatoms. The van der Waals surface area contributed by atoms with Crippen LogP contribution >= 0.6 is 11.6 Å². The number of nitrogens with one attached hydrogen (secondary N) is 1. The van der Waals surface area contributed by atoms with Crippen LogP contribution in [0.3, 0.4) is 0 Å². The fraction of sp³-hybridized carbons (Fsp3) is 0.667. The second kappa shape index (κ2) is 6.14. The first-order valence-electron chi connectivity index (χ1n) is 3.79. The largest absolute Gasteiger partial charge is 0.368 e. The van der Waals surface area contributed by atoms with Gasteiger partial charge in [0.1, 0.15) is 6.04 Å². The molecule has 1 unspecified atom stereocenters. The molecule has 80 valence electrons. The lowest BCUT2D eigenvalue weighted by molar-refractivity contribution is -0.119. The van der Waals surface area contributed by atoms with Crippen molar-refractivity contribution in [1.82, 2.24) is 10.3 Å². The second-order valence-corrected chi connectivity index (χ2v) is 2.85. The molecule has 0 saturated carbocycles. The van der Waals surface area contributed by atoms with E-state index in [1.807, 2.05) is 0 Å². The molecule has 0 aliphatic rings. The first-order valence-corrected chi connectivity index (χ1v) is 4.33. The highest BCUT2D eigenvalue weighted by Gasteiger charge is 2.18. The van der Waals surface area contributed by atoms with E-state index in [0.29, 0.717) is 5.01 Å². The third-order valence-corrected chi connectivity index (χ3v) is 1.57. The van der Waals surface area contributed by atoms with Crippen molar-refractivity contribution < 1.29 is 9.59 Å². The Morgan fingerprint density at radius 2 is 2.21 bits per heavy atom. The van der Waals surface area contributed by atoms with Gasteiger partial charge in [-0.2, -0.15) is 5.01 Å². The molecule has 1 atom stereocenters. The molecule has 0 aliphatic heterocycles. The lowest BCUT2D eigenvalue weighted by Gasteiger charge is -2.15. The summed E-state index contributed by atoms with van der Waals surface area (Å²) >= 11 is 5.31. The van der Waals surface area contributed by atoms with E-state index >= 15 is 0 Å². The maximum atomic E-state index is 11.1.